The lowest BCUT2D eigenvalue weighted by atomic mass is 10.2. The van der Waals surface area contributed by atoms with Crippen LogP contribution < -0.4 is 19.6 Å². The van der Waals surface area contributed by atoms with Crippen LogP contribution in [0.15, 0.2) is 46.4 Å². The number of nitrogens with one attached hydrogen (secondary N) is 1. The van der Waals surface area contributed by atoms with Gasteiger partial charge in [-0.1, -0.05) is 11.6 Å². The lowest BCUT2D eigenvalue weighted by Crippen LogP contribution is -2.26. The Morgan fingerprint density at radius 2 is 1.70 bits per heavy atom. The van der Waals surface area contributed by atoms with E-state index in [2.05, 4.69) is 10.5 Å². The van der Waals surface area contributed by atoms with Crippen LogP contribution in [0.4, 0.5) is 0 Å². The van der Waals surface area contributed by atoms with Crippen LogP contribution in [0, 0.1) is 0 Å². The van der Waals surface area contributed by atoms with Crippen molar-refractivity contribution in [1.82, 2.24) is 5.43 Å². The zero-order valence-electron chi connectivity index (χ0n) is 15.5. The van der Waals surface area contributed by atoms with E-state index < -0.39 is 0 Å². The number of amides is 1. The Balaban J connectivity index is 2.01. The molecule has 0 spiro atoms. The molecule has 0 fully saturated rings. The molecule has 1 amide bonds. The zero-order valence-corrected chi connectivity index (χ0v) is 17.1. The Labute approximate surface area is 167 Å². The van der Waals surface area contributed by atoms with Crippen molar-refractivity contribution < 1.29 is 19.0 Å². The summed E-state index contributed by atoms with van der Waals surface area (Å²) in [5.41, 5.74) is 3.23. The predicted octanol–water partition coefficient (Wildman–Crippen LogP) is 4.00. The fraction of sp³-hybridized carbons (Fsp3) is 0.263. The number of hydrogen-bond acceptors (Lipinski definition) is 6. The van der Waals surface area contributed by atoms with Gasteiger partial charge in [-0.3, -0.25) is 4.79 Å². The van der Waals surface area contributed by atoms with Crippen molar-refractivity contribution in [2.75, 3.05) is 21.3 Å². The molecule has 144 valence electrons. The van der Waals surface area contributed by atoms with Crippen molar-refractivity contribution >= 4 is 35.5 Å². The van der Waals surface area contributed by atoms with Gasteiger partial charge in [-0.15, -0.1) is 11.8 Å². The maximum Gasteiger partial charge on any atom is 0.253 e. The molecule has 0 aliphatic rings. The number of methoxy groups -OCH3 is 3. The lowest BCUT2D eigenvalue weighted by molar-refractivity contribution is -0.120. The van der Waals surface area contributed by atoms with Gasteiger partial charge in [0, 0.05) is 15.5 Å². The van der Waals surface area contributed by atoms with E-state index in [4.69, 9.17) is 25.8 Å². The van der Waals surface area contributed by atoms with Gasteiger partial charge in [-0.05, 0) is 43.3 Å². The summed E-state index contributed by atoms with van der Waals surface area (Å²) in [6.07, 6.45) is 1.52. The minimum Gasteiger partial charge on any atom is -0.493 e. The van der Waals surface area contributed by atoms with E-state index in [1.54, 1.807) is 24.3 Å². The average molecular weight is 409 g/mol. The lowest BCUT2D eigenvalue weighted by Gasteiger charge is -2.12. The number of nitrogens with zero attached hydrogens (tertiary/aromatic N) is 1. The molecule has 0 radical (unpaired) electrons. The first-order valence-electron chi connectivity index (χ1n) is 8.03. The normalized spacial score (nSPS) is 11.9. The van der Waals surface area contributed by atoms with Gasteiger partial charge >= 0.3 is 0 Å². The van der Waals surface area contributed by atoms with E-state index in [0.29, 0.717) is 27.8 Å². The molecule has 0 aliphatic carbocycles. The van der Waals surface area contributed by atoms with E-state index in [-0.39, 0.29) is 11.2 Å². The van der Waals surface area contributed by atoms with E-state index >= 15 is 0 Å². The number of halogens is 1. The molecule has 6 nitrogen and oxygen atoms in total. The monoisotopic (exact) mass is 408 g/mol. The van der Waals surface area contributed by atoms with Gasteiger partial charge in [0.05, 0.1) is 32.8 Å². The van der Waals surface area contributed by atoms with Crippen LogP contribution in [-0.4, -0.2) is 38.7 Å². The fourth-order valence-electron chi connectivity index (χ4n) is 2.21. The van der Waals surface area contributed by atoms with Gasteiger partial charge in [0.1, 0.15) is 0 Å². The highest BCUT2D eigenvalue weighted by atomic mass is 35.5. The van der Waals surface area contributed by atoms with Crippen molar-refractivity contribution in [2.24, 2.45) is 5.10 Å². The number of hydrazone groups is 1. The van der Waals surface area contributed by atoms with E-state index in [1.165, 1.54) is 39.3 Å². The van der Waals surface area contributed by atoms with Crippen LogP contribution in [0.1, 0.15) is 12.5 Å². The molecule has 0 heterocycles. The molecule has 2 rings (SSSR count). The molecule has 8 heteroatoms. The molecular weight excluding hydrogens is 388 g/mol. The average Bonchev–Trinajstić information content (AvgIpc) is 2.68. The summed E-state index contributed by atoms with van der Waals surface area (Å²) in [6, 6.07) is 10.8. The second-order valence-corrected chi connectivity index (χ2v) is 7.26. The third-order valence-electron chi connectivity index (χ3n) is 3.57. The first-order valence-corrected chi connectivity index (χ1v) is 9.29. The number of benzene rings is 2. The number of hydrogen-bond donors (Lipinski definition) is 1. The highest BCUT2D eigenvalue weighted by Gasteiger charge is 2.14. The molecule has 1 N–H and O–H groups in total. The zero-order chi connectivity index (χ0) is 19.8. The molecule has 0 saturated carbocycles. The van der Waals surface area contributed by atoms with Crippen molar-refractivity contribution in [3.63, 3.8) is 0 Å². The maximum atomic E-state index is 12.2. The third-order valence-corrected chi connectivity index (χ3v) is 4.94. The maximum absolute atomic E-state index is 12.2. The van der Waals surface area contributed by atoms with Gasteiger partial charge < -0.3 is 14.2 Å². The van der Waals surface area contributed by atoms with Crippen molar-refractivity contribution in [3.8, 4) is 17.2 Å². The molecule has 2 aromatic carbocycles. The predicted molar refractivity (Wildman–Crippen MR) is 109 cm³/mol. The van der Waals surface area contributed by atoms with Crippen molar-refractivity contribution in [3.05, 3.63) is 47.0 Å². The Morgan fingerprint density at radius 1 is 1.11 bits per heavy atom. The first kappa shape index (κ1) is 20.9. The first-order chi connectivity index (χ1) is 13.0. The summed E-state index contributed by atoms with van der Waals surface area (Å²) in [7, 11) is 4.61. The van der Waals surface area contributed by atoms with Gasteiger partial charge in [-0.2, -0.15) is 5.10 Å². The SMILES string of the molecule is COc1cc(/C=N/NC(=O)C(C)Sc2ccc(Cl)cc2)cc(OC)c1OC. The minimum atomic E-state index is -0.316. The van der Waals surface area contributed by atoms with Gasteiger partial charge in [-0.25, -0.2) is 5.43 Å². The third kappa shape index (κ3) is 5.80. The smallest absolute Gasteiger partial charge is 0.253 e. The summed E-state index contributed by atoms with van der Waals surface area (Å²) >= 11 is 7.29. The standard InChI is InChI=1S/C19H21ClN2O4S/c1-12(27-15-7-5-14(20)6-8-15)19(23)22-21-11-13-9-16(24-2)18(26-4)17(10-13)25-3/h5-12H,1-4H3,(H,22,23)/b21-11+. The number of ether oxygens (including phenoxy) is 3. The molecule has 2 aromatic rings. The summed E-state index contributed by atoms with van der Waals surface area (Å²) < 4.78 is 15.9. The number of carbonyl (C=O) groups excluding carboxylic acids is 1. The van der Waals surface area contributed by atoms with Gasteiger partial charge in [0.15, 0.2) is 11.5 Å². The number of rotatable bonds is 8. The largest absolute Gasteiger partial charge is 0.493 e. The molecule has 1 atom stereocenters. The fourth-order valence-corrected chi connectivity index (χ4v) is 3.20. The molecule has 0 aromatic heterocycles. The van der Waals surface area contributed by atoms with Crippen LogP contribution >= 0.6 is 23.4 Å². The second-order valence-electron chi connectivity index (χ2n) is 5.41. The quantitative estimate of drug-likeness (QED) is 0.406. The van der Waals surface area contributed by atoms with Crippen molar-refractivity contribution in [2.45, 2.75) is 17.1 Å². The summed E-state index contributed by atoms with van der Waals surface area (Å²) in [5, 5.41) is 4.36. The molecular formula is C19H21ClN2O4S. The Kier molecular flexibility index (Phi) is 7.82. The van der Waals surface area contributed by atoms with Crippen LogP contribution in [-0.2, 0) is 4.79 Å². The summed E-state index contributed by atoms with van der Waals surface area (Å²) in [5.74, 6) is 1.31. The molecule has 0 aliphatic heterocycles. The number of thioether (sulfide) groups is 1. The number of carbonyl (C=O) groups is 1. The Morgan fingerprint density at radius 3 is 2.22 bits per heavy atom. The molecule has 1 unspecified atom stereocenters. The van der Waals surface area contributed by atoms with Gasteiger partial charge in [0.2, 0.25) is 5.75 Å². The van der Waals surface area contributed by atoms with Crippen LogP contribution in [0.2, 0.25) is 5.02 Å². The highest BCUT2D eigenvalue weighted by molar-refractivity contribution is 8.00. The minimum absolute atomic E-state index is 0.210. The summed E-state index contributed by atoms with van der Waals surface area (Å²) in [4.78, 5) is 13.2. The highest BCUT2D eigenvalue weighted by Crippen LogP contribution is 2.37. The topological polar surface area (TPSA) is 69.2 Å². The van der Waals surface area contributed by atoms with Crippen LogP contribution in [0.3, 0.4) is 0 Å². The summed E-state index contributed by atoms with van der Waals surface area (Å²) in [6.45, 7) is 1.81. The molecule has 0 saturated heterocycles. The van der Waals surface area contributed by atoms with E-state index in [1.807, 2.05) is 19.1 Å². The van der Waals surface area contributed by atoms with Gasteiger partial charge in [0.25, 0.3) is 5.91 Å². The second kappa shape index (κ2) is 10.1. The van der Waals surface area contributed by atoms with Crippen molar-refractivity contribution in [1.29, 1.82) is 0 Å². The molecule has 0 bridgehead atoms. The Bertz CT molecular complexity index is 787. The Hall–Kier alpha value is -2.38. The molecule has 27 heavy (non-hydrogen) atoms. The van der Waals surface area contributed by atoms with Crippen LogP contribution in [0.5, 0.6) is 17.2 Å². The van der Waals surface area contributed by atoms with E-state index in [9.17, 15) is 4.79 Å². The van der Waals surface area contributed by atoms with E-state index in [0.717, 1.165) is 4.90 Å². The van der Waals surface area contributed by atoms with Crippen LogP contribution in [0.25, 0.3) is 0 Å².